The Morgan fingerprint density at radius 1 is 1.18 bits per heavy atom. The predicted octanol–water partition coefficient (Wildman–Crippen LogP) is 2.33. The molecule has 2 atom stereocenters. The molecule has 0 radical (unpaired) electrons. The van der Waals surface area contributed by atoms with Crippen molar-refractivity contribution in [3.8, 4) is 0 Å². The summed E-state index contributed by atoms with van der Waals surface area (Å²) in [7, 11) is 0. The molecular formula is C17H30N2O3. The van der Waals surface area contributed by atoms with Gasteiger partial charge in [0.2, 0.25) is 0 Å². The van der Waals surface area contributed by atoms with Gasteiger partial charge in [0.15, 0.2) is 0 Å². The second-order valence-electron chi connectivity index (χ2n) is 7.30. The molecule has 3 aliphatic rings. The van der Waals surface area contributed by atoms with Crippen LogP contribution in [0.3, 0.4) is 0 Å². The summed E-state index contributed by atoms with van der Waals surface area (Å²) in [5, 5.41) is 15.8. The van der Waals surface area contributed by atoms with Gasteiger partial charge in [-0.15, -0.1) is 0 Å². The molecular weight excluding hydrogens is 280 g/mol. The van der Waals surface area contributed by atoms with Gasteiger partial charge < -0.3 is 20.5 Å². The van der Waals surface area contributed by atoms with Crippen molar-refractivity contribution in [2.45, 2.75) is 89.0 Å². The lowest BCUT2D eigenvalue weighted by molar-refractivity contribution is -0.126. The van der Waals surface area contributed by atoms with Crippen LogP contribution in [0, 0.1) is 5.41 Å². The molecule has 22 heavy (non-hydrogen) atoms. The van der Waals surface area contributed by atoms with Gasteiger partial charge in [-0.1, -0.05) is 12.8 Å². The third-order valence-corrected chi connectivity index (χ3v) is 6.02. The van der Waals surface area contributed by atoms with Crippen LogP contribution in [0.4, 0.5) is 4.79 Å². The number of carbonyl (C=O) groups excluding carboxylic acids is 1. The molecule has 0 aromatic heterocycles. The highest BCUT2D eigenvalue weighted by Crippen LogP contribution is 2.54. The molecule has 126 valence electrons. The number of urea groups is 1. The lowest BCUT2D eigenvalue weighted by Crippen LogP contribution is -2.65. The second kappa shape index (κ2) is 6.75. The van der Waals surface area contributed by atoms with E-state index in [1.54, 1.807) is 0 Å². The summed E-state index contributed by atoms with van der Waals surface area (Å²) in [5.74, 6) is 0. The Kier molecular flexibility index (Phi) is 4.93. The van der Waals surface area contributed by atoms with Gasteiger partial charge in [-0.2, -0.15) is 0 Å². The van der Waals surface area contributed by atoms with Gasteiger partial charge in [-0.05, 0) is 51.9 Å². The third kappa shape index (κ3) is 3.11. The van der Waals surface area contributed by atoms with E-state index in [0.29, 0.717) is 6.10 Å². The highest BCUT2D eigenvalue weighted by atomic mass is 16.5. The Morgan fingerprint density at radius 2 is 1.86 bits per heavy atom. The monoisotopic (exact) mass is 310 g/mol. The summed E-state index contributed by atoms with van der Waals surface area (Å²) < 4.78 is 5.89. The van der Waals surface area contributed by atoms with Crippen molar-refractivity contribution >= 4 is 6.03 Å². The van der Waals surface area contributed by atoms with E-state index in [1.807, 2.05) is 6.92 Å². The molecule has 0 aromatic carbocycles. The summed E-state index contributed by atoms with van der Waals surface area (Å²) in [6, 6.07) is 0.444. The van der Waals surface area contributed by atoms with E-state index < -0.39 is 0 Å². The first kappa shape index (κ1) is 16.1. The summed E-state index contributed by atoms with van der Waals surface area (Å²) in [6.45, 7) is 2.81. The normalized spacial score (nSPS) is 36.8. The van der Waals surface area contributed by atoms with Crippen LogP contribution in [-0.4, -0.2) is 42.0 Å². The topological polar surface area (TPSA) is 70.6 Å². The molecule has 3 rings (SSSR count). The van der Waals surface area contributed by atoms with Crippen molar-refractivity contribution in [3.63, 3.8) is 0 Å². The van der Waals surface area contributed by atoms with Crippen molar-refractivity contribution in [1.29, 1.82) is 0 Å². The number of aliphatic hydroxyl groups excluding tert-OH is 1. The number of rotatable bonds is 4. The molecule has 0 bridgehead atoms. The molecule has 3 aliphatic carbocycles. The maximum Gasteiger partial charge on any atom is 0.315 e. The molecule has 0 saturated heterocycles. The first-order valence-electron chi connectivity index (χ1n) is 9.01. The molecule has 0 aromatic rings. The maximum atomic E-state index is 12.3. The van der Waals surface area contributed by atoms with E-state index in [0.717, 1.165) is 38.7 Å². The van der Waals surface area contributed by atoms with Crippen LogP contribution < -0.4 is 10.6 Å². The zero-order valence-electron chi connectivity index (χ0n) is 13.6. The Balaban J connectivity index is 1.49. The number of hydrogen-bond donors (Lipinski definition) is 3. The molecule has 2 amide bonds. The van der Waals surface area contributed by atoms with Crippen LogP contribution >= 0.6 is 0 Å². The average Bonchev–Trinajstić information content (AvgIpc) is 3.01. The van der Waals surface area contributed by atoms with Crippen molar-refractivity contribution in [2.24, 2.45) is 5.41 Å². The summed E-state index contributed by atoms with van der Waals surface area (Å²) >= 11 is 0. The van der Waals surface area contributed by atoms with Gasteiger partial charge in [0.05, 0.1) is 12.2 Å². The fraction of sp³-hybridized carbons (Fsp3) is 0.941. The van der Waals surface area contributed by atoms with E-state index in [-0.39, 0.29) is 29.6 Å². The lowest BCUT2D eigenvalue weighted by atomic mass is 9.60. The number of amides is 2. The standard InChI is InChI=1S/C17H30N2O3/c1-2-22-15-11-14(17(15)9-3-4-10-17)19-16(21)18-12-5-7-13(20)8-6-12/h12-15,20H,2-11H2,1H3,(H2,18,19,21). The van der Waals surface area contributed by atoms with Gasteiger partial charge in [0, 0.05) is 24.1 Å². The SMILES string of the molecule is CCOC1CC(NC(=O)NC2CCC(O)CC2)C12CCCC2. The Morgan fingerprint density at radius 3 is 2.50 bits per heavy atom. The molecule has 1 spiro atoms. The number of aliphatic hydroxyl groups is 1. The van der Waals surface area contributed by atoms with E-state index in [2.05, 4.69) is 10.6 Å². The zero-order chi connectivity index (χ0) is 15.6. The molecule has 3 fully saturated rings. The van der Waals surface area contributed by atoms with Crippen LogP contribution in [-0.2, 0) is 4.74 Å². The second-order valence-corrected chi connectivity index (χ2v) is 7.30. The van der Waals surface area contributed by atoms with Crippen LogP contribution in [0.5, 0.6) is 0 Å². The fourth-order valence-corrected chi connectivity index (χ4v) is 4.69. The van der Waals surface area contributed by atoms with Gasteiger partial charge in [-0.25, -0.2) is 4.79 Å². The number of carbonyl (C=O) groups is 1. The van der Waals surface area contributed by atoms with Crippen molar-refractivity contribution < 1.29 is 14.6 Å². The van der Waals surface area contributed by atoms with Crippen molar-refractivity contribution in [3.05, 3.63) is 0 Å². The molecule has 0 heterocycles. The fourth-order valence-electron chi connectivity index (χ4n) is 4.69. The van der Waals surface area contributed by atoms with Crippen LogP contribution in [0.25, 0.3) is 0 Å². The minimum absolute atomic E-state index is 0.0346. The summed E-state index contributed by atoms with van der Waals surface area (Å²) in [6.07, 6.45) is 9.32. The van der Waals surface area contributed by atoms with Crippen LogP contribution in [0.15, 0.2) is 0 Å². The Hall–Kier alpha value is -0.810. The summed E-state index contributed by atoms with van der Waals surface area (Å²) in [4.78, 5) is 12.3. The van der Waals surface area contributed by atoms with Gasteiger partial charge in [-0.3, -0.25) is 0 Å². The number of nitrogens with one attached hydrogen (secondary N) is 2. The quantitative estimate of drug-likeness (QED) is 0.746. The van der Waals surface area contributed by atoms with E-state index in [4.69, 9.17) is 4.74 Å². The molecule has 0 aliphatic heterocycles. The van der Waals surface area contributed by atoms with Gasteiger partial charge in [0.25, 0.3) is 0 Å². The highest BCUT2D eigenvalue weighted by molar-refractivity contribution is 5.75. The summed E-state index contributed by atoms with van der Waals surface area (Å²) in [5.41, 5.74) is 0.191. The molecule has 5 nitrogen and oxygen atoms in total. The average molecular weight is 310 g/mol. The zero-order valence-corrected chi connectivity index (χ0v) is 13.6. The van der Waals surface area contributed by atoms with Crippen LogP contribution in [0.1, 0.15) is 64.7 Å². The van der Waals surface area contributed by atoms with Gasteiger partial charge >= 0.3 is 6.03 Å². The molecule has 3 N–H and O–H groups in total. The Labute approximate surface area is 133 Å². The minimum Gasteiger partial charge on any atom is -0.393 e. The molecule has 5 heteroatoms. The highest BCUT2D eigenvalue weighted by Gasteiger charge is 2.57. The first-order chi connectivity index (χ1) is 10.6. The van der Waals surface area contributed by atoms with Crippen molar-refractivity contribution in [1.82, 2.24) is 10.6 Å². The predicted molar refractivity (Wildman–Crippen MR) is 84.7 cm³/mol. The first-order valence-corrected chi connectivity index (χ1v) is 9.01. The Bertz CT molecular complexity index is 387. The van der Waals surface area contributed by atoms with Crippen LogP contribution in [0.2, 0.25) is 0 Å². The molecule has 2 unspecified atom stereocenters. The largest absolute Gasteiger partial charge is 0.393 e. The maximum absolute atomic E-state index is 12.3. The minimum atomic E-state index is -0.179. The number of hydrogen-bond acceptors (Lipinski definition) is 3. The molecule has 3 saturated carbocycles. The van der Waals surface area contributed by atoms with E-state index >= 15 is 0 Å². The lowest BCUT2D eigenvalue weighted by Gasteiger charge is -2.54. The van der Waals surface area contributed by atoms with Crippen molar-refractivity contribution in [2.75, 3.05) is 6.61 Å². The van der Waals surface area contributed by atoms with E-state index in [9.17, 15) is 9.90 Å². The smallest absolute Gasteiger partial charge is 0.315 e. The number of ether oxygens (including phenoxy) is 1. The van der Waals surface area contributed by atoms with E-state index in [1.165, 1.54) is 25.7 Å². The van der Waals surface area contributed by atoms with Gasteiger partial charge in [0.1, 0.15) is 0 Å². The third-order valence-electron chi connectivity index (χ3n) is 6.02.